The molecule has 0 saturated carbocycles. The molecule has 0 spiro atoms. The van der Waals surface area contributed by atoms with Crippen LogP contribution in [0.2, 0.25) is 0 Å². The number of aliphatic hydroxyl groups is 2. The number of para-hydroxylation sites is 1. The number of aliphatic hydroxyl groups excluding tert-OH is 2. The average molecular weight is 290 g/mol. The molecule has 2 rings (SSSR count). The quantitative estimate of drug-likeness (QED) is 0.260. The van der Waals surface area contributed by atoms with E-state index in [4.69, 9.17) is 21.2 Å². The summed E-state index contributed by atoms with van der Waals surface area (Å²) in [4.78, 5) is 6.24. The van der Waals surface area contributed by atoms with E-state index in [1.807, 2.05) is 24.3 Å². The van der Waals surface area contributed by atoms with Gasteiger partial charge in [0, 0.05) is 24.0 Å². The molecule has 0 amide bonds. The zero-order valence-corrected chi connectivity index (χ0v) is 11.5. The first-order valence-electron chi connectivity index (χ1n) is 6.55. The van der Waals surface area contributed by atoms with E-state index in [-0.39, 0.29) is 19.0 Å². The van der Waals surface area contributed by atoms with Gasteiger partial charge in [0.15, 0.2) is 5.84 Å². The molecule has 0 unspecified atom stereocenters. The molecule has 1 heterocycles. The maximum absolute atomic E-state index is 9.12. The van der Waals surface area contributed by atoms with Gasteiger partial charge < -0.3 is 26.1 Å². The highest BCUT2D eigenvalue weighted by Gasteiger charge is 2.13. The van der Waals surface area contributed by atoms with Gasteiger partial charge in [-0.3, -0.25) is 0 Å². The van der Waals surface area contributed by atoms with E-state index in [0.29, 0.717) is 30.0 Å². The summed E-state index contributed by atoms with van der Waals surface area (Å²) < 4.78 is 0. The highest BCUT2D eigenvalue weighted by molar-refractivity contribution is 6.08. The third-order valence-electron chi connectivity index (χ3n) is 3.15. The lowest BCUT2D eigenvalue weighted by Crippen LogP contribution is -2.31. The van der Waals surface area contributed by atoms with Crippen molar-refractivity contribution in [2.75, 3.05) is 31.2 Å². The monoisotopic (exact) mass is 290 g/mol. The fourth-order valence-electron chi connectivity index (χ4n) is 2.17. The van der Waals surface area contributed by atoms with Gasteiger partial charge in [0.25, 0.3) is 0 Å². The van der Waals surface area contributed by atoms with Crippen LogP contribution in [0.15, 0.2) is 35.5 Å². The molecule has 0 saturated heterocycles. The third-order valence-corrected chi connectivity index (χ3v) is 3.15. The van der Waals surface area contributed by atoms with Crippen LogP contribution in [0.5, 0.6) is 0 Å². The normalized spacial score (nSPS) is 11.8. The molecule has 0 aliphatic heterocycles. The predicted molar refractivity (Wildman–Crippen MR) is 80.6 cm³/mol. The molecule has 0 fully saturated rings. The summed E-state index contributed by atoms with van der Waals surface area (Å²) in [6.45, 7) is 0.545. The van der Waals surface area contributed by atoms with Crippen molar-refractivity contribution in [3.05, 3.63) is 35.9 Å². The van der Waals surface area contributed by atoms with E-state index in [1.165, 1.54) is 0 Å². The van der Waals surface area contributed by atoms with Gasteiger partial charge in [0.2, 0.25) is 0 Å². The Balaban J connectivity index is 2.59. The largest absolute Gasteiger partial charge is 0.409 e. The van der Waals surface area contributed by atoms with Crippen molar-refractivity contribution in [1.29, 1.82) is 0 Å². The van der Waals surface area contributed by atoms with Crippen LogP contribution in [0.1, 0.15) is 5.56 Å². The minimum Gasteiger partial charge on any atom is -0.409 e. The van der Waals surface area contributed by atoms with Crippen LogP contribution < -0.4 is 10.6 Å². The van der Waals surface area contributed by atoms with Crippen molar-refractivity contribution in [3.8, 4) is 0 Å². The molecule has 5 N–H and O–H groups in total. The third kappa shape index (κ3) is 3.21. The maximum atomic E-state index is 9.12. The first kappa shape index (κ1) is 15.0. The average Bonchev–Trinajstić information content (AvgIpc) is 2.53. The van der Waals surface area contributed by atoms with Gasteiger partial charge in [0.1, 0.15) is 5.82 Å². The van der Waals surface area contributed by atoms with E-state index < -0.39 is 0 Å². The standard InChI is InChI=1S/C14H18N4O3/c15-14(17-21)11-9-13(18(5-7-19)6-8-20)16-12-4-2-1-3-10(11)12/h1-4,9,19-21H,5-8H2,(H2,15,17). The molecular weight excluding hydrogens is 272 g/mol. The molecule has 7 nitrogen and oxygen atoms in total. The second-order valence-corrected chi connectivity index (χ2v) is 4.46. The van der Waals surface area contributed by atoms with Crippen LogP contribution in [0.4, 0.5) is 5.82 Å². The molecule has 0 atom stereocenters. The van der Waals surface area contributed by atoms with E-state index >= 15 is 0 Å². The Kier molecular flexibility index (Phi) is 4.91. The number of hydrogen-bond donors (Lipinski definition) is 4. The number of benzene rings is 1. The van der Waals surface area contributed by atoms with Gasteiger partial charge in [-0.2, -0.15) is 0 Å². The predicted octanol–water partition coefficient (Wildman–Crippen LogP) is 0.120. The molecule has 7 heteroatoms. The fourth-order valence-corrected chi connectivity index (χ4v) is 2.17. The Morgan fingerprint density at radius 3 is 2.48 bits per heavy atom. The summed E-state index contributed by atoms with van der Waals surface area (Å²) >= 11 is 0. The number of aromatic nitrogens is 1. The topological polar surface area (TPSA) is 115 Å². The van der Waals surface area contributed by atoms with Crippen LogP contribution in [0.25, 0.3) is 10.9 Å². The second-order valence-electron chi connectivity index (χ2n) is 4.46. The Hall–Kier alpha value is -2.38. The van der Waals surface area contributed by atoms with Crippen molar-refractivity contribution >= 4 is 22.6 Å². The Morgan fingerprint density at radius 1 is 1.19 bits per heavy atom. The van der Waals surface area contributed by atoms with Crippen LogP contribution >= 0.6 is 0 Å². The lowest BCUT2D eigenvalue weighted by atomic mass is 10.1. The lowest BCUT2D eigenvalue weighted by Gasteiger charge is -2.23. The second kappa shape index (κ2) is 6.87. The number of nitrogens with two attached hydrogens (primary N) is 1. The van der Waals surface area contributed by atoms with Crippen molar-refractivity contribution in [2.45, 2.75) is 0 Å². The molecule has 0 aliphatic rings. The number of anilines is 1. The molecule has 0 aliphatic carbocycles. The smallest absolute Gasteiger partial charge is 0.170 e. The van der Waals surface area contributed by atoms with Crippen molar-refractivity contribution in [1.82, 2.24) is 4.98 Å². The van der Waals surface area contributed by atoms with Crippen molar-refractivity contribution in [2.24, 2.45) is 10.9 Å². The van der Waals surface area contributed by atoms with Crippen LogP contribution in [-0.4, -0.2) is 52.5 Å². The van der Waals surface area contributed by atoms with Crippen molar-refractivity contribution < 1.29 is 15.4 Å². The number of nitrogens with zero attached hydrogens (tertiary/aromatic N) is 3. The lowest BCUT2D eigenvalue weighted by molar-refractivity contribution is 0.280. The molecule has 2 aromatic rings. The van der Waals surface area contributed by atoms with E-state index in [9.17, 15) is 0 Å². The van der Waals surface area contributed by atoms with Gasteiger partial charge >= 0.3 is 0 Å². The van der Waals surface area contributed by atoms with Gasteiger partial charge in [0.05, 0.1) is 18.7 Å². The molecule has 1 aromatic heterocycles. The zero-order valence-electron chi connectivity index (χ0n) is 11.5. The SMILES string of the molecule is NC(=NO)c1cc(N(CCO)CCO)nc2ccccc12. The number of pyridine rings is 1. The molecule has 0 radical (unpaired) electrons. The summed E-state index contributed by atoms with van der Waals surface area (Å²) in [7, 11) is 0. The van der Waals surface area contributed by atoms with Gasteiger partial charge in [-0.15, -0.1) is 0 Å². The van der Waals surface area contributed by atoms with Crippen LogP contribution in [0, 0.1) is 0 Å². The van der Waals surface area contributed by atoms with Crippen molar-refractivity contribution in [3.63, 3.8) is 0 Å². The minimum absolute atomic E-state index is 0.0113. The van der Waals surface area contributed by atoms with Crippen LogP contribution in [-0.2, 0) is 0 Å². The first-order valence-corrected chi connectivity index (χ1v) is 6.55. The van der Waals surface area contributed by atoms with Gasteiger partial charge in [-0.1, -0.05) is 23.4 Å². The highest BCUT2D eigenvalue weighted by atomic mass is 16.4. The zero-order chi connectivity index (χ0) is 15.2. The Bertz CT molecular complexity index is 639. The van der Waals surface area contributed by atoms with Crippen LogP contribution in [0.3, 0.4) is 0 Å². The molecule has 1 aromatic carbocycles. The Morgan fingerprint density at radius 2 is 1.86 bits per heavy atom. The van der Waals surface area contributed by atoms with Gasteiger partial charge in [-0.05, 0) is 12.1 Å². The molecule has 21 heavy (non-hydrogen) atoms. The fraction of sp³-hybridized carbons (Fsp3) is 0.286. The molecule has 0 bridgehead atoms. The summed E-state index contributed by atoms with van der Waals surface area (Å²) in [6.07, 6.45) is 0. The summed E-state index contributed by atoms with van der Waals surface area (Å²) in [5, 5.41) is 31.0. The van der Waals surface area contributed by atoms with E-state index in [0.717, 1.165) is 5.39 Å². The van der Waals surface area contributed by atoms with E-state index in [2.05, 4.69) is 10.1 Å². The number of fused-ring (bicyclic) bond motifs is 1. The number of oxime groups is 1. The summed E-state index contributed by atoms with van der Waals surface area (Å²) in [5.41, 5.74) is 6.98. The highest BCUT2D eigenvalue weighted by Crippen LogP contribution is 2.22. The summed E-state index contributed by atoms with van der Waals surface area (Å²) in [5.74, 6) is 0.543. The number of amidine groups is 1. The van der Waals surface area contributed by atoms with E-state index in [1.54, 1.807) is 11.0 Å². The Labute approximate surface area is 121 Å². The minimum atomic E-state index is -0.0621. The molecular formula is C14H18N4O3. The number of hydrogen-bond acceptors (Lipinski definition) is 6. The number of rotatable bonds is 6. The maximum Gasteiger partial charge on any atom is 0.170 e. The first-order chi connectivity index (χ1) is 10.2. The summed E-state index contributed by atoms with van der Waals surface area (Å²) in [6, 6.07) is 9.03. The molecule has 112 valence electrons. The van der Waals surface area contributed by atoms with Gasteiger partial charge in [-0.25, -0.2) is 4.98 Å².